The molecule has 0 radical (unpaired) electrons. The van der Waals surface area contributed by atoms with Gasteiger partial charge in [-0.05, 0) is 49.2 Å². The Morgan fingerprint density at radius 3 is 2.75 bits per heavy atom. The maximum atomic E-state index is 12.3. The van der Waals surface area contributed by atoms with Gasteiger partial charge < -0.3 is 15.9 Å². The van der Waals surface area contributed by atoms with Crippen LogP contribution in [-0.4, -0.2) is 39.4 Å². The quantitative estimate of drug-likeness (QED) is 0.197. The second-order valence-electron chi connectivity index (χ2n) is 6.80. The average Bonchev–Trinajstić information content (AvgIpc) is 3.16. The molecule has 0 saturated heterocycles. The highest BCUT2D eigenvalue weighted by molar-refractivity contribution is 7.99. The molecule has 0 unspecified atom stereocenters. The number of hydrogen-bond donors (Lipinski definition) is 3. The van der Waals surface area contributed by atoms with E-state index in [2.05, 4.69) is 26.0 Å². The van der Waals surface area contributed by atoms with Gasteiger partial charge in [0.05, 0.1) is 18.6 Å². The Morgan fingerprint density at radius 1 is 1.25 bits per heavy atom. The first-order valence-corrected chi connectivity index (χ1v) is 10.8. The first-order chi connectivity index (χ1) is 15.5. The molecule has 10 heteroatoms. The Kier molecular flexibility index (Phi) is 7.87. The molecule has 1 heterocycles. The van der Waals surface area contributed by atoms with Gasteiger partial charge in [-0.3, -0.25) is 4.79 Å². The molecule has 0 aliphatic rings. The fraction of sp³-hybridized carbons (Fsp3) is 0.182. The zero-order valence-corrected chi connectivity index (χ0v) is 18.9. The number of amides is 1. The summed E-state index contributed by atoms with van der Waals surface area (Å²) in [5.41, 5.74) is 6.23. The number of nitrogens with zero attached hydrogens (tertiary/aromatic N) is 4. The fourth-order valence-corrected chi connectivity index (χ4v) is 3.28. The zero-order chi connectivity index (χ0) is 22.9. The van der Waals surface area contributed by atoms with Crippen molar-refractivity contribution in [3.05, 3.63) is 65.7 Å². The number of nitrogens with one attached hydrogen (secondary N) is 2. The molecule has 9 nitrogen and oxygen atoms in total. The van der Waals surface area contributed by atoms with Gasteiger partial charge in [0, 0.05) is 5.69 Å². The molecule has 0 aliphatic heterocycles. The highest BCUT2D eigenvalue weighted by Gasteiger charge is 2.13. The molecule has 0 spiro atoms. The summed E-state index contributed by atoms with van der Waals surface area (Å²) in [6.45, 7) is 3.75. The number of anilines is 2. The number of allylic oxidation sites excluding steroid dienone is 1. The SMILES string of the molecule is COc1ccc(NC(=O)CSc2nnc(N/N=C(C)/C=C/c3ccccc3)n2N)c(C)c1. The third-order valence-corrected chi connectivity index (χ3v) is 5.30. The summed E-state index contributed by atoms with van der Waals surface area (Å²) in [5.74, 6) is 6.98. The Balaban J connectivity index is 1.53. The van der Waals surface area contributed by atoms with Crippen LogP contribution in [0.15, 0.2) is 64.9 Å². The van der Waals surface area contributed by atoms with Crippen molar-refractivity contribution in [1.29, 1.82) is 0 Å². The molecule has 0 fully saturated rings. The standard InChI is InChI=1S/C22H25N7O2S/c1-15-13-18(31-3)11-12-19(15)24-20(30)14-32-22-28-27-21(29(22)23)26-25-16(2)9-10-17-7-5-4-6-8-17/h4-13H,14,23H2,1-3H3,(H,24,30)(H,26,27)/b10-9+,25-16+. The van der Waals surface area contributed by atoms with E-state index in [1.807, 2.05) is 62.4 Å². The summed E-state index contributed by atoms with van der Waals surface area (Å²) in [7, 11) is 1.60. The summed E-state index contributed by atoms with van der Waals surface area (Å²) in [6.07, 6.45) is 3.83. The number of hydrogen-bond acceptors (Lipinski definition) is 8. The first kappa shape index (κ1) is 22.9. The van der Waals surface area contributed by atoms with Gasteiger partial charge in [0.2, 0.25) is 11.1 Å². The van der Waals surface area contributed by atoms with Gasteiger partial charge in [0.15, 0.2) is 0 Å². The lowest BCUT2D eigenvalue weighted by Gasteiger charge is -2.09. The minimum atomic E-state index is -0.180. The van der Waals surface area contributed by atoms with Crippen molar-refractivity contribution in [2.75, 3.05) is 29.4 Å². The number of rotatable bonds is 9. The Labute approximate surface area is 190 Å². The molecule has 2 aromatic carbocycles. The second-order valence-corrected chi connectivity index (χ2v) is 7.75. The van der Waals surface area contributed by atoms with Crippen molar-refractivity contribution >= 4 is 41.1 Å². The number of nitrogen functional groups attached to an aromatic ring is 1. The van der Waals surface area contributed by atoms with E-state index in [1.54, 1.807) is 19.2 Å². The minimum absolute atomic E-state index is 0.128. The van der Waals surface area contributed by atoms with E-state index in [9.17, 15) is 4.79 Å². The molecule has 0 bridgehead atoms. The number of ether oxygens (including phenoxy) is 1. The van der Waals surface area contributed by atoms with Crippen LogP contribution in [-0.2, 0) is 4.79 Å². The van der Waals surface area contributed by atoms with Crippen LogP contribution in [0.4, 0.5) is 11.6 Å². The van der Waals surface area contributed by atoms with Crippen molar-refractivity contribution in [2.24, 2.45) is 5.10 Å². The lowest BCUT2D eigenvalue weighted by molar-refractivity contribution is -0.113. The molecule has 0 aliphatic carbocycles. The minimum Gasteiger partial charge on any atom is -0.497 e. The summed E-state index contributed by atoms with van der Waals surface area (Å²) >= 11 is 1.18. The van der Waals surface area contributed by atoms with Crippen molar-refractivity contribution in [2.45, 2.75) is 19.0 Å². The smallest absolute Gasteiger partial charge is 0.264 e. The number of thioether (sulfide) groups is 1. The Morgan fingerprint density at radius 2 is 2.03 bits per heavy atom. The van der Waals surface area contributed by atoms with E-state index >= 15 is 0 Å². The molecule has 3 aromatic rings. The lowest BCUT2D eigenvalue weighted by Crippen LogP contribution is -2.17. The lowest BCUT2D eigenvalue weighted by atomic mass is 10.2. The number of aromatic nitrogens is 3. The van der Waals surface area contributed by atoms with E-state index < -0.39 is 0 Å². The topological polar surface area (TPSA) is 119 Å². The number of methoxy groups -OCH3 is 1. The first-order valence-electron chi connectivity index (χ1n) is 9.77. The van der Waals surface area contributed by atoms with Gasteiger partial charge in [0.25, 0.3) is 5.95 Å². The maximum Gasteiger partial charge on any atom is 0.264 e. The highest BCUT2D eigenvalue weighted by atomic mass is 32.2. The van der Waals surface area contributed by atoms with Crippen LogP contribution in [0.2, 0.25) is 0 Å². The number of benzene rings is 2. The van der Waals surface area contributed by atoms with Crippen LogP contribution >= 0.6 is 11.8 Å². The predicted molar refractivity (Wildman–Crippen MR) is 129 cm³/mol. The van der Waals surface area contributed by atoms with Crippen molar-refractivity contribution in [3.63, 3.8) is 0 Å². The molecular formula is C22H25N7O2S. The summed E-state index contributed by atoms with van der Waals surface area (Å²) in [4.78, 5) is 12.3. The van der Waals surface area contributed by atoms with Crippen molar-refractivity contribution in [3.8, 4) is 5.75 Å². The number of hydrazone groups is 1. The van der Waals surface area contributed by atoms with Gasteiger partial charge in [-0.2, -0.15) is 5.10 Å². The van der Waals surface area contributed by atoms with Crippen molar-refractivity contribution in [1.82, 2.24) is 14.9 Å². The van der Waals surface area contributed by atoms with Crippen LogP contribution < -0.4 is 21.3 Å². The Bertz CT molecular complexity index is 1130. The van der Waals surface area contributed by atoms with Crippen LogP contribution in [0.3, 0.4) is 0 Å². The van der Waals surface area contributed by atoms with Crippen LogP contribution in [0, 0.1) is 6.92 Å². The fourth-order valence-electron chi connectivity index (χ4n) is 2.63. The summed E-state index contributed by atoms with van der Waals surface area (Å²) in [5, 5.41) is 15.5. The van der Waals surface area contributed by atoms with Crippen LogP contribution in [0.25, 0.3) is 6.08 Å². The van der Waals surface area contributed by atoms with E-state index in [4.69, 9.17) is 10.6 Å². The van der Waals surface area contributed by atoms with Crippen LogP contribution in [0.5, 0.6) is 5.75 Å². The van der Waals surface area contributed by atoms with Gasteiger partial charge in [0.1, 0.15) is 5.75 Å². The number of carbonyl (C=O) groups is 1. The van der Waals surface area contributed by atoms with E-state index in [-0.39, 0.29) is 17.6 Å². The van der Waals surface area contributed by atoms with Gasteiger partial charge in [-0.25, -0.2) is 10.1 Å². The monoisotopic (exact) mass is 451 g/mol. The van der Waals surface area contributed by atoms with Gasteiger partial charge >= 0.3 is 0 Å². The average molecular weight is 452 g/mol. The van der Waals surface area contributed by atoms with E-state index in [1.165, 1.54) is 16.4 Å². The third-order valence-electron chi connectivity index (χ3n) is 4.35. The van der Waals surface area contributed by atoms with E-state index in [0.29, 0.717) is 5.16 Å². The summed E-state index contributed by atoms with van der Waals surface area (Å²) in [6, 6.07) is 15.4. The molecule has 166 valence electrons. The molecule has 3 rings (SSSR count). The second kappa shape index (κ2) is 11.0. The molecule has 0 saturated carbocycles. The Hall–Kier alpha value is -3.79. The zero-order valence-electron chi connectivity index (χ0n) is 18.1. The molecule has 4 N–H and O–H groups in total. The molecule has 1 aromatic heterocycles. The molecule has 0 atom stereocenters. The molecule has 32 heavy (non-hydrogen) atoms. The molecule has 1 amide bonds. The molecular weight excluding hydrogens is 426 g/mol. The maximum absolute atomic E-state index is 12.3. The number of carbonyl (C=O) groups excluding carboxylic acids is 1. The predicted octanol–water partition coefficient (Wildman–Crippen LogP) is 3.54. The number of nitrogens with two attached hydrogens (primary N) is 1. The van der Waals surface area contributed by atoms with Crippen LogP contribution in [0.1, 0.15) is 18.1 Å². The largest absolute Gasteiger partial charge is 0.497 e. The normalized spacial score (nSPS) is 11.5. The highest BCUT2D eigenvalue weighted by Crippen LogP contribution is 2.22. The third kappa shape index (κ3) is 6.35. The van der Waals surface area contributed by atoms with Crippen molar-refractivity contribution < 1.29 is 9.53 Å². The number of aryl methyl sites for hydroxylation is 1. The van der Waals surface area contributed by atoms with Gasteiger partial charge in [-0.1, -0.05) is 48.2 Å². The van der Waals surface area contributed by atoms with E-state index in [0.717, 1.165) is 28.3 Å². The summed E-state index contributed by atoms with van der Waals surface area (Å²) < 4.78 is 6.43. The van der Waals surface area contributed by atoms with Gasteiger partial charge in [-0.15, -0.1) is 10.2 Å².